The highest BCUT2D eigenvalue weighted by Gasteiger charge is 2.36. The minimum Gasteiger partial charge on any atom is -0.465 e. The fraction of sp³-hybridized carbons (Fsp3) is 0.520. The average Bonchev–Trinajstić information content (AvgIpc) is 3.14. The number of rotatable bonds is 7. The number of piperidine rings is 1. The van der Waals surface area contributed by atoms with E-state index in [4.69, 9.17) is 43.4 Å². The van der Waals surface area contributed by atoms with Crippen LogP contribution in [0.1, 0.15) is 37.1 Å². The van der Waals surface area contributed by atoms with E-state index in [1.54, 1.807) is 6.07 Å². The topological polar surface area (TPSA) is 99.4 Å². The van der Waals surface area contributed by atoms with E-state index in [0.717, 1.165) is 67.4 Å². The first-order valence-corrected chi connectivity index (χ1v) is 13.2. The van der Waals surface area contributed by atoms with E-state index in [-0.39, 0.29) is 6.04 Å². The van der Waals surface area contributed by atoms with Gasteiger partial charge in [0.05, 0.1) is 17.9 Å². The van der Waals surface area contributed by atoms with E-state index in [0.29, 0.717) is 28.4 Å². The van der Waals surface area contributed by atoms with Crippen LogP contribution in [0.2, 0.25) is 10.0 Å². The predicted molar refractivity (Wildman–Crippen MR) is 141 cm³/mol. The van der Waals surface area contributed by atoms with Gasteiger partial charge in [-0.1, -0.05) is 29.3 Å². The van der Waals surface area contributed by atoms with Gasteiger partial charge in [-0.05, 0) is 62.8 Å². The lowest BCUT2D eigenvalue weighted by Gasteiger charge is -2.47. The molecule has 0 bridgehead atoms. The van der Waals surface area contributed by atoms with Gasteiger partial charge in [0.15, 0.2) is 5.65 Å². The van der Waals surface area contributed by atoms with Gasteiger partial charge in [0.2, 0.25) is 0 Å². The summed E-state index contributed by atoms with van der Waals surface area (Å²) in [6, 6.07) is 5.40. The number of nitrogens with one attached hydrogen (secondary N) is 1. The number of carboxylic acid groups (broad SMARTS) is 1. The van der Waals surface area contributed by atoms with Crippen molar-refractivity contribution in [3.05, 3.63) is 45.7 Å². The zero-order valence-electron chi connectivity index (χ0n) is 20.5. The zero-order chi connectivity index (χ0) is 25.4. The van der Waals surface area contributed by atoms with E-state index in [2.05, 4.69) is 22.0 Å². The standard InChI is InChI=1S/C25H31Cl2N7O2/c1-15-23-24(34(31-15)16(2)20-6-5-19(26)10-21(20)27)30-22(11-29-23)33-13-18(14-33)17-4-3-8-32(12-17)9-7-28-25(35)36/h5-6,10-11,16-18,28H,3-4,7-9,12-14H2,1-2H3,(H,35,36)/t16?,17-/m0/s1. The van der Waals surface area contributed by atoms with Gasteiger partial charge in [0.1, 0.15) is 11.3 Å². The van der Waals surface area contributed by atoms with Gasteiger partial charge in [0, 0.05) is 42.8 Å². The highest BCUT2D eigenvalue weighted by atomic mass is 35.5. The second-order valence-electron chi connectivity index (χ2n) is 9.87. The molecule has 2 saturated heterocycles. The summed E-state index contributed by atoms with van der Waals surface area (Å²) < 4.78 is 1.90. The van der Waals surface area contributed by atoms with Gasteiger partial charge < -0.3 is 20.2 Å². The minimum atomic E-state index is -0.960. The number of benzene rings is 1. The van der Waals surface area contributed by atoms with Gasteiger partial charge in [-0.3, -0.25) is 0 Å². The van der Waals surface area contributed by atoms with Crippen LogP contribution >= 0.6 is 23.2 Å². The van der Waals surface area contributed by atoms with Crippen LogP contribution in [-0.4, -0.2) is 75.1 Å². The third-order valence-corrected chi connectivity index (χ3v) is 8.05. The molecular weight excluding hydrogens is 501 g/mol. The highest BCUT2D eigenvalue weighted by molar-refractivity contribution is 6.35. The van der Waals surface area contributed by atoms with Crippen LogP contribution in [0.5, 0.6) is 0 Å². The smallest absolute Gasteiger partial charge is 0.404 e. The second-order valence-corrected chi connectivity index (χ2v) is 10.7. The summed E-state index contributed by atoms with van der Waals surface area (Å²) in [5.41, 5.74) is 3.32. The van der Waals surface area contributed by atoms with Crippen molar-refractivity contribution in [2.75, 3.05) is 44.2 Å². The molecule has 0 radical (unpaired) electrons. The summed E-state index contributed by atoms with van der Waals surface area (Å²) in [5, 5.41) is 17.2. The Bertz CT molecular complexity index is 1260. The molecule has 4 heterocycles. The number of hydrogen-bond acceptors (Lipinski definition) is 6. The quantitative estimate of drug-likeness (QED) is 0.463. The van der Waals surface area contributed by atoms with E-state index in [1.807, 2.05) is 29.9 Å². The lowest BCUT2D eigenvalue weighted by Crippen LogP contribution is -2.54. The Labute approximate surface area is 220 Å². The molecule has 0 saturated carbocycles. The molecule has 2 aromatic heterocycles. The molecule has 3 aromatic rings. The molecule has 2 aliphatic rings. The molecule has 9 nitrogen and oxygen atoms in total. The molecule has 2 N–H and O–H groups in total. The number of anilines is 1. The van der Waals surface area contributed by atoms with Gasteiger partial charge in [-0.15, -0.1) is 0 Å². The van der Waals surface area contributed by atoms with Crippen LogP contribution in [0.4, 0.5) is 10.6 Å². The van der Waals surface area contributed by atoms with Gasteiger partial charge >= 0.3 is 6.09 Å². The van der Waals surface area contributed by atoms with Crippen LogP contribution in [0.25, 0.3) is 11.2 Å². The van der Waals surface area contributed by atoms with Crippen molar-refractivity contribution in [2.45, 2.75) is 32.7 Å². The summed E-state index contributed by atoms with van der Waals surface area (Å²) in [6.45, 7) is 9.21. The third-order valence-electron chi connectivity index (χ3n) is 7.48. The number of amides is 1. The van der Waals surface area contributed by atoms with Gasteiger partial charge in [0.25, 0.3) is 0 Å². The van der Waals surface area contributed by atoms with Gasteiger partial charge in [-0.2, -0.15) is 5.10 Å². The van der Waals surface area contributed by atoms with Crippen LogP contribution in [0.3, 0.4) is 0 Å². The van der Waals surface area contributed by atoms with Crippen molar-refractivity contribution in [3.8, 4) is 0 Å². The number of fused-ring (bicyclic) bond motifs is 1. The predicted octanol–water partition coefficient (Wildman–Crippen LogP) is 4.47. The molecule has 2 fully saturated rings. The normalized spacial score (nSPS) is 19.9. The fourth-order valence-electron chi connectivity index (χ4n) is 5.43. The summed E-state index contributed by atoms with van der Waals surface area (Å²) >= 11 is 12.6. The van der Waals surface area contributed by atoms with E-state index < -0.39 is 6.09 Å². The van der Waals surface area contributed by atoms with Crippen molar-refractivity contribution in [3.63, 3.8) is 0 Å². The maximum absolute atomic E-state index is 10.7. The largest absolute Gasteiger partial charge is 0.465 e. The molecule has 192 valence electrons. The Balaban J connectivity index is 1.27. The number of likely N-dealkylation sites (tertiary alicyclic amines) is 1. The van der Waals surface area contributed by atoms with Crippen molar-refractivity contribution in [2.24, 2.45) is 11.8 Å². The lowest BCUT2D eigenvalue weighted by atomic mass is 9.80. The van der Waals surface area contributed by atoms with Crippen molar-refractivity contribution in [1.82, 2.24) is 30.0 Å². The van der Waals surface area contributed by atoms with Crippen LogP contribution in [0, 0.1) is 18.8 Å². The Morgan fingerprint density at radius 1 is 1.25 bits per heavy atom. The first-order chi connectivity index (χ1) is 17.3. The van der Waals surface area contributed by atoms with Crippen LogP contribution < -0.4 is 10.2 Å². The third kappa shape index (κ3) is 5.10. The summed E-state index contributed by atoms with van der Waals surface area (Å²) in [4.78, 5) is 25.1. The molecule has 11 heteroatoms. The molecule has 1 amide bonds. The Morgan fingerprint density at radius 2 is 2.06 bits per heavy atom. The van der Waals surface area contributed by atoms with Crippen molar-refractivity contribution >= 4 is 46.3 Å². The Morgan fingerprint density at radius 3 is 2.81 bits per heavy atom. The average molecular weight is 532 g/mol. The van der Waals surface area contributed by atoms with Crippen molar-refractivity contribution < 1.29 is 9.90 Å². The Kier molecular flexibility index (Phi) is 7.23. The monoisotopic (exact) mass is 531 g/mol. The molecule has 2 atom stereocenters. The first-order valence-electron chi connectivity index (χ1n) is 12.4. The summed E-state index contributed by atoms with van der Waals surface area (Å²) in [7, 11) is 0. The summed E-state index contributed by atoms with van der Waals surface area (Å²) in [6.07, 6.45) is 3.27. The molecule has 1 unspecified atom stereocenters. The second kappa shape index (κ2) is 10.4. The number of aromatic nitrogens is 4. The highest BCUT2D eigenvalue weighted by Crippen LogP contribution is 2.35. The fourth-order valence-corrected chi connectivity index (χ4v) is 6.00. The number of halogens is 2. The minimum absolute atomic E-state index is 0.122. The van der Waals surface area contributed by atoms with E-state index in [9.17, 15) is 4.79 Å². The number of nitrogens with zero attached hydrogens (tertiary/aromatic N) is 6. The number of hydrogen-bond donors (Lipinski definition) is 2. The maximum atomic E-state index is 10.7. The molecule has 0 aliphatic carbocycles. The molecule has 0 spiro atoms. The van der Waals surface area contributed by atoms with Crippen LogP contribution in [-0.2, 0) is 0 Å². The molecule has 1 aromatic carbocycles. The Hall–Kier alpha value is -2.62. The number of carbonyl (C=O) groups is 1. The number of aryl methyl sites for hydroxylation is 1. The molecular formula is C25H31Cl2N7O2. The SMILES string of the molecule is Cc1nn(C(C)c2ccc(Cl)cc2Cl)c2nc(N3CC([C@H]4CCCN(CCNC(=O)O)C4)C3)cnc12. The first kappa shape index (κ1) is 25.0. The van der Waals surface area contributed by atoms with E-state index >= 15 is 0 Å². The maximum Gasteiger partial charge on any atom is 0.404 e. The van der Waals surface area contributed by atoms with E-state index in [1.165, 1.54) is 6.42 Å². The zero-order valence-corrected chi connectivity index (χ0v) is 22.0. The molecule has 5 rings (SSSR count). The van der Waals surface area contributed by atoms with Gasteiger partial charge in [-0.25, -0.2) is 19.4 Å². The van der Waals surface area contributed by atoms with Crippen LogP contribution in [0.15, 0.2) is 24.4 Å². The molecule has 36 heavy (non-hydrogen) atoms. The molecule has 2 aliphatic heterocycles. The summed E-state index contributed by atoms with van der Waals surface area (Å²) in [5.74, 6) is 2.10. The lowest BCUT2D eigenvalue weighted by molar-refractivity contribution is 0.119. The van der Waals surface area contributed by atoms with Crippen molar-refractivity contribution in [1.29, 1.82) is 0 Å².